The number of aliphatic hydroxyl groups is 1. The number of carbonyl (C=O) groups excluding carboxylic acids is 2. The minimum atomic E-state index is -4.62. The van der Waals surface area contributed by atoms with Gasteiger partial charge in [-0.25, -0.2) is 9.98 Å². The Balaban J connectivity index is 0.00000162. The molecule has 0 spiro atoms. The monoisotopic (exact) mass is 555 g/mol. The molecule has 0 saturated carbocycles. The number of hydrogen-bond acceptors (Lipinski definition) is 7. The molecule has 1 atom stereocenters. The lowest BCUT2D eigenvalue weighted by Crippen LogP contribution is -2.42. The van der Waals surface area contributed by atoms with Crippen molar-refractivity contribution in [3.05, 3.63) is 53.3 Å². The minimum absolute atomic E-state index is 0.0579. The topological polar surface area (TPSA) is 130 Å². The largest absolute Gasteiger partial charge is 0.491 e. The number of aliphatic imine (C=N–C) groups is 1. The van der Waals surface area contributed by atoms with Gasteiger partial charge in [0.25, 0.3) is 5.91 Å². The molecule has 9 nitrogen and oxygen atoms in total. The molecular weight excluding hydrogens is 515 g/mol. The molecule has 4 N–H and O–H groups in total. The Morgan fingerprint density at radius 1 is 1.23 bits per heavy atom. The maximum atomic E-state index is 12.9. The third kappa shape index (κ3) is 11.3. The zero-order valence-corrected chi connectivity index (χ0v) is 23.8. The summed E-state index contributed by atoms with van der Waals surface area (Å²) in [6.45, 7) is 13.1. The molecule has 3 rings (SSSR count). The van der Waals surface area contributed by atoms with Gasteiger partial charge in [0.1, 0.15) is 0 Å². The number of carbonyl (C=O) groups is 2. The molecule has 0 fully saturated rings. The minimum Gasteiger partial charge on any atom is -0.491 e. The van der Waals surface area contributed by atoms with Crippen LogP contribution in [0, 0.1) is 0 Å². The summed E-state index contributed by atoms with van der Waals surface area (Å²) < 4.78 is 44.0. The SMILES string of the molecule is CC.CC.CC(C)O.CCOc1cc(C(F)(F)F)cnc1C(=O)Nc1cccc(C2CC(=O)N(C)C(N)=N2)c1. The van der Waals surface area contributed by atoms with E-state index < -0.39 is 23.7 Å². The smallest absolute Gasteiger partial charge is 0.418 e. The molecule has 1 unspecified atom stereocenters. The Morgan fingerprint density at radius 2 is 1.82 bits per heavy atom. The molecule has 1 aliphatic heterocycles. The molecule has 2 amide bonds. The average Bonchev–Trinajstić information content (AvgIpc) is 2.89. The summed E-state index contributed by atoms with van der Waals surface area (Å²) in [6, 6.07) is 6.83. The van der Waals surface area contributed by atoms with Crippen molar-refractivity contribution in [1.82, 2.24) is 9.88 Å². The number of nitrogens with one attached hydrogen (secondary N) is 1. The third-order valence-corrected chi connectivity index (χ3v) is 4.60. The van der Waals surface area contributed by atoms with Crippen molar-refractivity contribution in [2.45, 2.75) is 73.2 Å². The van der Waals surface area contributed by atoms with E-state index in [0.29, 0.717) is 17.4 Å². The van der Waals surface area contributed by atoms with Gasteiger partial charge in [0.2, 0.25) is 5.91 Å². The number of nitrogens with two attached hydrogens (primary N) is 1. The molecule has 1 aromatic heterocycles. The molecule has 1 aliphatic rings. The molecule has 12 heteroatoms. The summed E-state index contributed by atoms with van der Waals surface area (Å²) in [4.78, 5) is 33.9. The van der Waals surface area contributed by atoms with Crippen LogP contribution in [0.3, 0.4) is 0 Å². The van der Waals surface area contributed by atoms with E-state index in [2.05, 4.69) is 15.3 Å². The molecule has 2 heterocycles. The van der Waals surface area contributed by atoms with Crippen LogP contribution >= 0.6 is 0 Å². The number of nitrogens with zero attached hydrogens (tertiary/aromatic N) is 3. The summed E-state index contributed by atoms with van der Waals surface area (Å²) in [5.41, 5.74) is 5.46. The first-order valence-corrected chi connectivity index (χ1v) is 12.7. The van der Waals surface area contributed by atoms with Crippen LogP contribution in [0.15, 0.2) is 41.5 Å². The Labute approximate surface area is 228 Å². The van der Waals surface area contributed by atoms with Crippen molar-refractivity contribution in [3.63, 3.8) is 0 Å². The van der Waals surface area contributed by atoms with Crippen LogP contribution in [0.25, 0.3) is 0 Å². The Morgan fingerprint density at radius 3 is 2.33 bits per heavy atom. The van der Waals surface area contributed by atoms with Crippen molar-refractivity contribution < 1.29 is 32.6 Å². The molecule has 218 valence electrons. The van der Waals surface area contributed by atoms with Crippen LogP contribution < -0.4 is 15.8 Å². The van der Waals surface area contributed by atoms with Gasteiger partial charge in [-0.15, -0.1) is 0 Å². The molecule has 2 aromatic rings. The highest BCUT2D eigenvalue weighted by atomic mass is 19.4. The number of guanidine groups is 1. The number of benzene rings is 1. The van der Waals surface area contributed by atoms with Crippen molar-refractivity contribution in [2.75, 3.05) is 19.0 Å². The number of aromatic nitrogens is 1. The van der Waals surface area contributed by atoms with E-state index in [1.807, 2.05) is 27.7 Å². The van der Waals surface area contributed by atoms with Gasteiger partial charge in [0, 0.05) is 25.0 Å². The van der Waals surface area contributed by atoms with E-state index >= 15 is 0 Å². The van der Waals surface area contributed by atoms with Crippen molar-refractivity contribution >= 4 is 23.5 Å². The van der Waals surface area contributed by atoms with E-state index in [4.69, 9.17) is 15.6 Å². The van der Waals surface area contributed by atoms with Crippen LogP contribution in [0.5, 0.6) is 5.75 Å². The first-order chi connectivity index (χ1) is 18.3. The van der Waals surface area contributed by atoms with E-state index in [-0.39, 0.29) is 42.4 Å². The molecule has 0 aliphatic carbocycles. The van der Waals surface area contributed by atoms with Crippen molar-refractivity contribution in [1.29, 1.82) is 0 Å². The molecule has 1 aromatic carbocycles. The standard InChI is InChI=1S/C20H20F3N5O3.C3H8O.2C2H6/c1-3-31-15-8-12(20(21,22)23)10-25-17(15)18(30)26-13-6-4-5-11(7-13)14-9-16(29)28(2)19(24)27-14;1-3(2)4;2*1-2/h4-8,10,14H,3,9H2,1-2H3,(H2,24,27)(H,26,30);3-4H,1-2H3;2*1-2H3. The number of anilines is 1. The first-order valence-electron chi connectivity index (χ1n) is 12.7. The summed E-state index contributed by atoms with van der Waals surface area (Å²) in [6.07, 6.45) is -4.09. The Kier molecular flexibility index (Phi) is 15.4. The highest BCUT2D eigenvalue weighted by molar-refractivity contribution is 6.04. The number of halogens is 3. The van der Waals surface area contributed by atoms with Crippen molar-refractivity contribution in [2.24, 2.45) is 10.7 Å². The van der Waals surface area contributed by atoms with Crippen LogP contribution in [0.4, 0.5) is 18.9 Å². The fourth-order valence-electron chi connectivity index (χ4n) is 2.96. The summed E-state index contributed by atoms with van der Waals surface area (Å²) in [7, 11) is 1.53. The van der Waals surface area contributed by atoms with Gasteiger partial charge >= 0.3 is 6.18 Å². The number of rotatable bonds is 5. The fraction of sp³-hybridized carbons (Fsp3) is 0.481. The maximum Gasteiger partial charge on any atom is 0.418 e. The summed E-state index contributed by atoms with van der Waals surface area (Å²) in [5.74, 6) is -1.12. The molecule has 0 saturated heterocycles. The number of hydrogen-bond donors (Lipinski definition) is 3. The Bertz CT molecular complexity index is 1090. The van der Waals surface area contributed by atoms with E-state index in [9.17, 15) is 22.8 Å². The summed E-state index contributed by atoms with van der Waals surface area (Å²) >= 11 is 0. The van der Waals surface area contributed by atoms with Gasteiger partial charge < -0.3 is 20.9 Å². The number of ether oxygens (including phenoxy) is 1. The average molecular weight is 556 g/mol. The van der Waals surface area contributed by atoms with Gasteiger partial charge in [-0.3, -0.25) is 14.5 Å². The number of aliphatic hydroxyl groups excluding tert-OH is 1. The van der Waals surface area contributed by atoms with Gasteiger partial charge in [-0.05, 0) is 44.5 Å². The van der Waals surface area contributed by atoms with E-state index in [1.54, 1.807) is 45.0 Å². The predicted molar refractivity (Wildman–Crippen MR) is 147 cm³/mol. The first kappa shape index (κ1) is 35.3. The molecule has 0 radical (unpaired) electrons. The lowest BCUT2D eigenvalue weighted by molar-refractivity contribution is -0.138. The normalized spacial score (nSPS) is 14.5. The number of amides is 2. The Hall–Kier alpha value is -3.67. The van der Waals surface area contributed by atoms with Gasteiger partial charge in [0.15, 0.2) is 17.4 Å². The second-order valence-electron chi connectivity index (χ2n) is 7.83. The summed E-state index contributed by atoms with van der Waals surface area (Å²) in [5, 5.41) is 10.6. The van der Waals surface area contributed by atoms with Gasteiger partial charge in [-0.2, -0.15) is 13.2 Å². The fourth-order valence-corrected chi connectivity index (χ4v) is 2.96. The van der Waals surface area contributed by atoms with Gasteiger partial charge in [-0.1, -0.05) is 39.8 Å². The van der Waals surface area contributed by atoms with E-state index in [1.165, 1.54) is 11.9 Å². The highest BCUT2D eigenvalue weighted by Crippen LogP contribution is 2.32. The third-order valence-electron chi connectivity index (χ3n) is 4.60. The predicted octanol–water partition coefficient (Wildman–Crippen LogP) is 5.41. The van der Waals surface area contributed by atoms with Crippen LogP contribution in [-0.2, 0) is 11.0 Å². The molecule has 39 heavy (non-hydrogen) atoms. The lowest BCUT2D eigenvalue weighted by Gasteiger charge is -2.25. The maximum absolute atomic E-state index is 12.9. The van der Waals surface area contributed by atoms with Crippen molar-refractivity contribution in [3.8, 4) is 5.75 Å². The lowest BCUT2D eigenvalue weighted by atomic mass is 10.0. The van der Waals surface area contributed by atoms with Crippen LogP contribution in [0.1, 0.15) is 82.5 Å². The molecular formula is C27H40F3N5O4. The second kappa shape index (κ2) is 17.0. The number of pyridine rings is 1. The quantitative estimate of drug-likeness (QED) is 0.452. The highest BCUT2D eigenvalue weighted by Gasteiger charge is 2.33. The molecule has 0 bridgehead atoms. The van der Waals surface area contributed by atoms with E-state index in [0.717, 1.165) is 6.07 Å². The van der Waals surface area contributed by atoms with Crippen LogP contribution in [0.2, 0.25) is 0 Å². The zero-order valence-electron chi connectivity index (χ0n) is 23.8. The zero-order chi connectivity index (χ0) is 30.3. The van der Waals surface area contributed by atoms with Crippen LogP contribution in [-0.4, -0.2) is 52.5 Å². The van der Waals surface area contributed by atoms with Gasteiger partial charge in [0.05, 0.1) is 24.6 Å². The second-order valence-corrected chi connectivity index (χ2v) is 7.83. The number of alkyl halides is 3.